The molecule has 4 rings (SSSR count). The molecule has 2 N–H and O–H groups in total. The van der Waals surface area contributed by atoms with Crippen LogP contribution in [0.25, 0.3) is 0 Å². The highest BCUT2D eigenvalue weighted by Crippen LogP contribution is 2.38. The van der Waals surface area contributed by atoms with E-state index >= 15 is 0 Å². The predicted octanol–water partition coefficient (Wildman–Crippen LogP) is 2.57. The highest BCUT2D eigenvalue weighted by atomic mass is 16.5. The van der Waals surface area contributed by atoms with Crippen LogP contribution in [0, 0.1) is 22.7 Å². The van der Waals surface area contributed by atoms with Crippen molar-refractivity contribution < 1.29 is 9.53 Å². The normalized spacial score (nSPS) is 21.4. The Morgan fingerprint density at radius 1 is 1.07 bits per heavy atom. The molecular formula is C21H19N5O2. The van der Waals surface area contributed by atoms with Crippen LogP contribution in [0.5, 0.6) is 0 Å². The summed E-state index contributed by atoms with van der Waals surface area (Å²) < 4.78 is 5.41. The van der Waals surface area contributed by atoms with Crippen molar-refractivity contribution in [3.8, 4) is 12.1 Å². The van der Waals surface area contributed by atoms with Crippen LogP contribution in [-0.4, -0.2) is 32.2 Å². The van der Waals surface area contributed by atoms with Crippen molar-refractivity contribution in [1.82, 2.24) is 0 Å². The molecule has 28 heavy (non-hydrogen) atoms. The van der Waals surface area contributed by atoms with Crippen LogP contribution in [0.1, 0.15) is 17.5 Å². The van der Waals surface area contributed by atoms with Crippen molar-refractivity contribution in [2.24, 2.45) is 0 Å². The van der Waals surface area contributed by atoms with Crippen LogP contribution in [0.15, 0.2) is 42.5 Å². The topological polar surface area (TPSA) is 101 Å². The zero-order chi connectivity index (χ0) is 19.6. The van der Waals surface area contributed by atoms with Crippen LogP contribution in [-0.2, 0) is 15.1 Å². The van der Waals surface area contributed by atoms with Crippen LogP contribution >= 0.6 is 0 Å². The summed E-state index contributed by atoms with van der Waals surface area (Å²) in [6.07, 6.45) is -0.0556. The van der Waals surface area contributed by atoms with Gasteiger partial charge in [0.2, 0.25) is 5.91 Å². The van der Waals surface area contributed by atoms with E-state index in [4.69, 9.17) is 4.74 Å². The van der Waals surface area contributed by atoms with Crippen molar-refractivity contribution in [3.63, 3.8) is 0 Å². The lowest BCUT2D eigenvalue weighted by Crippen LogP contribution is -2.37. The summed E-state index contributed by atoms with van der Waals surface area (Å²) in [5.41, 5.74) is 2.10. The minimum Gasteiger partial charge on any atom is -0.378 e. The molecule has 2 aromatic carbocycles. The van der Waals surface area contributed by atoms with Crippen LogP contribution in [0.4, 0.5) is 17.1 Å². The number of nitrogens with zero attached hydrogens (tertiary/aromatic N) is 3. The van der Waals surface area contributed by atoms with Crippen LogP contribution in [0.2, 0.25) is 0 Å². The Kier molecular flexibility index (Phi) is 4.60. The first-order chi connectivity index (χ1) is 13.6. The molecule has 0 aromatic heterocycles. The van der Waals surface area contributed by atoms with E-state index in [2.05, 4.69) is 27.7 Å². The monoisotopic (exact) mass is 373 g/mol. The van der Waals surface area contributed by atoms with E-state index in [-0.39, 0.29) is 12.3 Å². The van der Waals surface area contributed by atoms with Crippen molar-refractivity contribution >= 4 is 23.0 Å². The fraction of sp³-hybridized carbons (Fsp3) is 0.286. The number of amides is 1. The van der Waals surface area contributed by atoms with Gasteiger partial charge in [0.15, 0.2) is 5.54 Å². The van der Waals surface area contributed by atoms with Gasteiger partial charge in [-0.3, -0.25) is 4.79 Å². The average molecular weight is 373 g/mol. The van der Waals surface area contributed by atoms with Crippen molar-refractivity contribution in [2.75, 3.05) is 41.8 Å². The zero-order valence-corrected chi connectivity index (χ0v) is 15.2. The molecule has 2 aliphatic heterocycles. The lowest BCUT2D eigenvalue weighted by Gasteiger charge is -2.30. The smallest absolute Gasteiger partial charge is 0.228 e. The van der Waals surface area contributed by atoms with Gasteiger partial charge in [0.05, 0.1) is 48.7 Å². The Morgan fingerprint density at radius 3 is 2.64 bits per heavy atom. The Labute approximate surface area is 163 Å². The summed E-state index contributed by atoms with van der Waals surface area (Å²) >= 11 is 0. The van der Waals surface area contributed by atoms with E-state index < -0.39 is 5.54 Å². The zero-order valence-electron chi connectivity index (χ0n) is 15.2. The average Bonchev–Trinajstić information content (AvgIpc) is 2.89. The number of carbonyl (C=O) groups is 1. The summed E-state index contributed by atoms with van der Waals surface area (Å²) in [4.78, 5) is 14.8. The molecule has 7 heteroatoms. The van der Waals surface area contributed by atoms with Crippen molar-refractivity contribution in [2.45, 2.75) is 12.0 Å². The molecule has 140 valence electrons. The molecular weight excluding hydrogens is 354 g/mol. The number of morpholine rings is 1. The number of carbonyl (C=O) groups excluding carboxylic acids is 1. The number of anilines is 3. The lowest BCUT2D eigenvalue weighted by molar-refractivity contribution is -0.116. The standard InChI is InChI=1S/C21H19N5O2/c22-13-15-2-1-3-16(10-15)21(14-23)12-20(27)24-18-5-4-17(11-19(18)25-21)26-6-8-28-9-7-26/h1-5,10-11,25H,6-9,12H2,(H,24,27). The van der Waals surface area contributed by atoms with Gasteiger partial charge < -0.3 is 20.3 Å². The van der Waals surface area contributed by atoms with E-state index in [1.54, 1.807) is 24.3 Å². The maximum absolute atomic E-state index is 12.5. The number of ether oxygens (including phenoxy) is 1. The van der Waals surface area contributed by atoms with E-state index in [1.165, 1.54) is 0 Å². The molecule has 1 saturated heterocycles. The van der Waals surface area contributed by atoms with Gasteiger partial charge in [-0.05, 0) is 35.9 Å². The van der Waals surface area contributed by atoms with Gasteiger partial charge >= 0.3 is 0 Å². The third-order valence-corrected chi connectivity index (χ3v) is 5.10. The molecule has 1 amide bonds. The number of nitriles is 2. The summed E-state index contributed by atoms with van der Waals surface area (Å²) in [7, 11) is 0. The third-order valence-electron chi connectivity index (χ3n) is 5.10. The second-order valence-corrected chi connectivity index (χ2v) is 6.89. The molecule has 0 bridgehead atoms. The van der Waals surface area contributed by atoms with E-state index in [9.17, 15) is 15.3 Å². The molecule has 0 saturated carbocycles. The Bertz CT molecular complexity index is 1000. The van der Waals surface area contributed by atoms with Crippen molar-refractivity contribution in [3.05, 3.63) is 53.6 Å². The molecule has 0 aliphatic carbocycles. The Morgan fingerprint density at radius 2 is 1.89 bits per heavy atom. The lowest BCUT2D eigenvalue weighted by atomic mass is 9.86. The highest BCUT2D eigenvalue weighted by molar-refractivity contribution is 5.98. The van der Waals surface area contributed by atoms with Crippen LogP contribution in [0.3, 0.4) is 0 Å². The van der Waals surface area contributed by atoms with Gasteiger partial charge in [-0.15, -0.1) is 0 Å². The highest BCUT2D eigenvalue weighted by Gasteiger charge is 2.38. The maximum Gasteiger partial charge on any atom is 0.228 e. The molecule has 0 radical (unpaired) electrons. The SMILES string of the molecule is N#Cc1cccc(C2(C#N)CC(=O)Nc3ccc(N4CCOCC4)cc3N2)c1. The maximum atomic E-state index is 12.5. The van der Waals surface area contributed by atoms with Gasteiger partial charge in [-0.25, -0.2) is 0 Å². The van der Waals surface area contributed by atoms with E-state index in [0.29, 0.717) is 35.7 Å². The number of hydrogen-bond donors (Lipinski definition) is 2. The third kappa shape index (κ3) is 3.24. The summed E-state index contributed by atoms with van der Waals surface area (Å²) in [5, 5.41) is 25.4. The first-order valence-electron chi connectivity index (χ1n) is 9.10. The molecule has 2 heterocycles. The van der Waals surface area contributed by atoms with Gasteiger partial charge in [-0.2, -0.15) is 10.5 Å². The summed E-state index contributed by atoms with van der Waals surface area (Å²) in [6.45, 7) is 2.92. The van der Waals surface area contributed by atoms with E-state index in [1.807, 2.05) is 18.2 Å². The second kappa shape index (κ2) is 7.22. The summed E-state index contributed by atoms with van der Waals surface area (Å²) in [5.74, 6) is -0.255. The van der Waals surface area contributed by atoms with Crippen molar-refractivity contribution in [1.29, 1.82) is 10.5 Å². The number of rotatable bonds is 2. The predicted molar refractivity (Wildman–Crippen MR) is 105 cm³/mol. The molecule has 1 atom stereocenters. The minimum absolute atomic E-state index is 0.0556. The number of hydrogen-bond acceptors (Lipinski definition) is 6. The fourth-order valence-corrected chi connectivity index (χ4v) is 3.63. The first-order valence-corrected chi connectivity index (χ1v) is 9.10. The Balaban J connectivity index is 1.76. The van der Waals surface area contributed by atoms with Gasteiger partial charge in [-0.1, -0.05) is 12.1 Å². The molecule has 1 unspecified atom stereocenters. The number of nitrogens with one attached hydrogen (secondary N) is 2. The van der Waals surface area contributed by atoms with Gasteiger partial charge in [0.25, 0.3) is 0 Å². The fourth-order valence-electron chi connectivity index (χ4n) is 3.63. The molecule has 2 aliphatic rings. The molecule has 0 spiro atoms. The molecule has 1 fully saturated rings. The Hall–Kier alpha value is -3.55. The van der Waals surface area contributed by atoms with Gasteiger partial charge in [0, 0.05) is 18.8 Å². The van der Waals surface area contributed by atoms with E-state index in [0.717, 1.165) is 18.8 Å². The quantitative estimate of drug-likeness (QED) is 0.839. The van der Waals surface area contributed by atoms with Gasteiger partial charge in [0.1, 0.15) is 0 Å². The largest absolute Gasteiger partial charge is 0.378 e. The number of benzene rings is 2. The van der Waals surface area contributed by atoms with Crippen LogP contribution < -0.4 is 15.5 Å². The summed E-state index contributed by atoms with van der Waals surface area (Å²) in [6, 6.07) is 17.0. The molecule has 2 aromatic rings. The second-order valence-electron chi connectivity index (χ2n) is 6.89. The number of fused-ring (bicyclic) bond motifs is 1. The molecule has 7 nitrogen and oxygen atoms in total. The first kappa shape index (κ1) is 17.8. The minimum atomic E-state index is -1.26.